The van der Waals surface area contributed by atoms with E-state index in [1.807, 2.05) is 22.1 Å². The monoisotopic (exact) mass is 475 g/mol. The average Bonchev–Trinajstić information content (AvgIpc) is 3.29. The molecule has 0 N–H and O–H groups in total. The third-order valence-electron chi connectivity index (χ3n) is 5.39. The van der Waals surface area contributed by atoms with Gasteiger partial charge in [0.15, 0.2) is 4.77 Å². The molecular weight excluding hydrogens is 447 g/mol. The molecule has 2 heterocycles. The van der Waals surface area contributed by atoms with Gasteiger partial charge in [0.25, 0.3) is 0 Å². The summed E-state index contributed by atoms with van der Waals surface area (Å²) in [6, 6.07) is 4.20. The predicted octanol–water partition coefficient (Wildman–Crippen LogP) is 4.48. The number of carbonyl (C=O) groups is 1. The maximum atomic E-state index is 13.2. The first kappa shape index (κ1) is 23.9. The number of amides is 1. The molecule has 0 radical (unpaired) electrons. The molecule has 0 bridgehead atoms. The van der Waals surface area contributed by atoms with Crippen LogP contribution in [-0.4, -0.2) is 63.4 Å². The van der Waals surface area contributed by atoms with Crippen molar-refractivity contribution < 1.29 is 18.0 Å². The Labute approximate surface area is 189 Å². The van der Waals surface area contributed by atoms with Crippen LogP contribution >= 0.6 is 23.6 Å². The molecule has 1 amide bonds. The molecule has 0 saturated heterocycles. The lowest BCUT2D eigenvalue weighted by Gasteiger charge is -2.25. The maximum Gasteiger partial charge on any atom is 0.401 e. The summed E-state index contributed by atoms with van der Waals surface area (Å²) in [5.41, 5.74) is 0. The first-order valence-corrected chi connectivity index (χ1v) is 11.6. The fourth-order valence-corrected chi connectivity index (χ4v) is 4.94. The second kappa shape index (κ2) is 10.3. The van der Waals surface area contributed by atoms with Crippen LogP contribution in [0.5, 0.6) is 0 Å². The molecule has 1 aliphatic carbocycles. The van der Waals surface area contributed by atoms with Gasteiger partial charge in [0.2, 0.25) is 5.91 Å². The van der Waals surface area contributed by atoms with Gasteiger partial charge < -0.3 is 9.47 Å². The number of aromatic nitrogens is 3. The zero-order valence-corrected chi connectivity index (χ0v) is 19.4. The van der Waals surface area contributed by atoms with Crippen molar-refractivity contribution in [1.82, 2.24) is 24.1 Å². The molecule has 1 saturated carbocycles. The normalized spacial score (nSPS) is 15.5. The third kappa shape index (κ3) is 6.63. The zero-order valence-electron chi connectivity index (χ0n) is 17.8. The molecule has 11 heteroatoms. The lowest BCUT2D eigenvalue weighted by atomic mass is 9.95. The summed E-state index contributed by atoms with van der Waals surface area (Å²) >= 11 is 7.29. The highest BCUT2D eigenvalue weighted by atomic mass is 32.1. The Kier molecular flexibility index (Phi) is 7.92. The van der Waals surface area contributed by atoms with E-state index in [1.54, 1.807) is 11.3 Å². The topological polar surface area (TPSA) is 46.3 Å². The van der Waals surface area contributed by atoms with Crippen LogP contribution in [0, 0.1) is 4.77 Å². The van der Waals surface area contributed by atoms with E-state index in [9.17, 15) is 18.0 Å². The SMILES string of the molecule is CN(C)C(=O)CN(Cn1nc(Cc2cccs2)n(C2CCCCC2)c1=S)CC(F)(F)F. The highest BCUT2D eigenvalue weighted by Gasteiger charge is 2.32. The molecule has 6 nitrogen and oxygen atoms in total. The molecule has 0 spiro atoms. The van der Waals surface area contributed by atoms with Gasteiger partial charge in [0.1, 0.15) is 5.82 Å². The van der Waals surface area contributed by atoms with Crippen LogP contribution in [0.3, 0.4) is 0 Å². The number of carbonyl (C=O) groups excluding carboxylic acids is 1. The molecule has 1 aliphatic rings. The van der Waals surface area contributed by atoms with E-state index in [-0.39, 0.29) is 19.3 Å². The van der Waals surface area contributed by atoms with E-state index in [4.69, 9.17) is 12.2 Å². The van der Waals surface area contributed by atoms with E-state index in [1.165, 1.54) is 30.1 Å². The van der Waals surface area contributed by atoms with Gasteiger partial charge in [-0.15, -0.1) is 11.3 Å². The highest BCUT2D eigenvalue weighted by Crippen LogP contribution is 2.30. The molecular formula is C20H28F3N5OS2. The molecule has 0 atom stereocenters. The van der Waals surface area contributed by atoms with Gasteiger partial charge in [-0.25, -0.2) is 4.68 Å². The largest absolute Gasteiger partial charge is 0.401 e. The number of halogens is 3. The lowest BCUT2D eigenvalue weighted by molar-refractivity contribution is -0.154. The molecule has 172 valence electrons. The number of hydrogen-bond acceptors (Lipinski definition) is 5. The van der Waals surface area contributed by atoms with Gasteiger partial charge in [-0.05, 0) is 36.5 Å². The van der Waals surface area contributed by atoms with Crippen molar-refractivity contribution in [2.24, 2.45) is 0 Å². The minimum atomic E-state index is -4.43. The fourth-order valence-electron chi connectivity index (χ4n) is 3.88. The van der Waals surface area contributed by atoms with Crippen LogP contribution < -0.4 is 0 Å². The van der Waals surface area contributed by atoms with E-state index >= 15 is 0 Å². The summed E-state index contributed by atoms with van der Waals surface area (Å²) in [5, 5.41) is 6.62. The standard InChI is InChI=1S/C20H28F3N5OS2/c1-25(2)18(29)12-26(13-20(21,22)23)14-27-19(30)28(15-7-4-3-5-8-15)17(24-27)11-16-9-6-10-31-16/h6,9-10,15H,3-5,7-8,11-14H2,1-2H3. The van der Waals surface area contributed by atoms with Crippen molar-refractivity contribution in [3.05, 3.63) is 33.0 Å². The molecule has 2 aromatic rings. The number of rotatable bonds is 8. The quantitative estimate of drug-likeness (QED) is 0.528. The second-order valence-corrected chi connectivity index (χ2v) is 9.55. The Morgan fingerprint density at radius 2 is 2.00 bits per heavy atom. The van der Waals surface area contributed by atoms with Crippen molar-refractivity contribution in [2.45, 2.75) is 57.4 Å². The van der Waals surface area contributed by atoms with Crippen LogP contribution in [0.25, 0.3) is 0 Å². The number of hydrogen-bond donors (Lipinski definition) is 0. The fraction of sp³-hybridized carbons (Fsp3) is 0.650. The Morgan fingerprint density at radius 1 is 1.29 bits per heavy atom. The molecule has 1 fully saturated rings. The average molecular weight is 476 g/mol. The summed E-state index contributed by atoms with van der Waals surface area (Å²) in [6.45, 7) is -1.75. The van der Waals surface area contributed by atoms with Crippen molar-refractivity contribution in [3.63, 3.8) is 0 Å². The van der Waals surface area contributed by atoms with Gasteiger partial charge >= 0.3 is 6.18 Å². The van der Waals surface area contributed by atoms with Crippen LogP contribution in [0.15, 0.2) is 17.5 Å². The third-order valence-corrected chi connectivity index (χ3v) is 6.67. The van der Waals surface area contributed by atoms with Gasteiger partial charge in [-0.2, -0.15) is 18.3 Å². The van der Waals surface area contributed by atoms with Crippen molar-refractivity contribution >= 4 is 29.5 Å². The summed E-state index contributed by atoms with van der Waals surface area (Å²) in [5.74, 6) is 0.367. The van der Waals surface area contributed by atoms with E-state index < -0.39 is 18.6 Å². The molecule has 0 aromatic carbocycles. The summed E-state index contributed by atoms with van der Waals surface area (Å²) in [7, 11) is 3.05. The first-order valence-electron chi connectivity index (χ1n) is 10.3. The zero-order chi connectivity index (χ0) is 22.6. The predicted molar refractivity (Wildman–Crippen MR) is 117 cm³/mol. The van der Waals surface area contributed by atoms with Crippen molar-refractivity contribution in [3.8, 4) is 0 Å². The number of nitrogens with zero attached hydrogens (tertiary/aromatic N) is 5. The first-order chi connectivity index (χ1) is 14.6. The summed E-state index contributed by atoms with van der Waals surface area (Å²) < 4.78 is 43.4. The van der Waals surface area contributed by atoms with E-state index in [0.29, 0.717) is 11.2 Å². The number of thiophene rings is 1. The minimum absolute atomic E-state index is 0.185. The molecule has 2 aromatic heterocycles. The molecule has 31 heavy (non-hydrogen) atoms. The maximum absolute atomic E-state index is 13.2. The van der Waals surface area contributed by atoms with Gasteiger partial charge in [0.05, 0.1) is 19.8 Å². The minimum Gasteiger partial charge on any atom is -0.348 e. The summed E-state index contributed by atoms with van der Waals surface area (Å²) in [6.07, 6.45) is 1.53. The molecule has 0 unspecified atom stereocenters. The Balaban J connectivity index is 1.91. The summed E-state index contributed by atoms with van der Waals surface area (Å²) in [4.78, 5) is 15.6. The van der Waals surface area contributed by atoms with Gasteiger partial charge in [-0.1, -0.05) is 25.3 Å². The van der Waals surface area contributed by atoms with E-state index in [2.05, 4.69) is 5.10 Å². The van der Waals surface area contributed by atoms with Crippen molar-refractivity contribution in [2.75, 3.05) is 27.2 Å². The lowest BCUT2D eigenvalue weighted by Crippen LogP contribution is -2.42. The van der Waals surface area contributed by atoms with Crippen LogP contribution in [0.2, 0.25) is 0 Å². The molecule has 3 rings (SSSR count). The Bertz CT molecular complexity index is 914. The van der Waals surface area contributed by atoms with E-state index in [0.717, 1.165) is 41.3 Å². The highest BCUT2D eigenvalue weighted by molar-refractivity contribution is 7.71. The number of likely N-dealkylation sites (N-methyl/N-ethyl adjacent to an activating group) is 1. The van der Waals surface area contributed by atoms with Gasteiger partial charge in [0, 0.05) is 31.4 Å². The second-order valence-electron chi connectivity index (χ2n) is 8.15. The number of alkyl halides is 3. The van der Waals surface area contributed by atoms with Gasteiger partial charge in [-0.3, -0.25) is 9.69 Å². The smallest absolute Gasteiger partial charge is 0.348 e. The van der Waals surface area contributed by atoms with Crippen LogP contribution in [0.4, 0.5) is 13.2 Å². The van der Waals surface area contributed by atoms with Crippen LogP contribution in [-0.2, 0) is 17.9 Å². The Hall–Kier alpha value is -1.72. The molecule has 0 aliphatic heterocycles. The Morgan fingerprint density at radius 3 is 2.58 bits per heavy atom. The van der Waals surface area contributed by atoms with Crippen LogP contribution in [0.1, 0.15) is 48.8 Å². The van der Waals surface area contributed by atoms with Crippen molar-refractivity contribution in [1.29, 1.82) is 0 Å².